The van der Waals surface area contributed by atoms with Gasteiger partial charge in [0, 0.05) is 24.6 Å². The van der Waals surface area contributed by atoms with E-state index >= 15 is 0 Å². The van der Waals surface area contributed by atoms with Crippen LogP contribution in [0.2, 0.25) is 0 Å². The Morgan fingerprint density at radius 1 is 1.16 bits per heavy atom. The SMILES string of the molecule is CC1CC(=O)NC(n2nc(-c3ccco3)cc2NC(=O)c2cc(-c3ccco3)on2)N1. The van der Waals surface area contributed by atoms with Crippen LogP contribution in [0.1, 0.15) is 30.1 Å². The fourth-order valence-electron chi connectivity index (χ4n) is 3.32. The van der Waals surface area contributed by atoms with Crippen LogP contribution in [-0.2, 0) is 4.79 Å². The van der Waals surface area contributed by atoms with Gasteiger partial charge in [0.25, 0.3) is 5.91 Å². The van der Waals surface area contributed by atoms with E-state index in [4.69, 9.17) is 13.4 Å². The first-order valence-corrected chi connectivity index (χ1v) is 9.57. The van der Waals surface area contributed by atoms with Gasteiger partial charge in [-0.15, -0.1) is 0 Å². The molecule has 5 heterocycles. The fourth-order valence-corrected chi connectivity index (χ4v) is 3.32. The van der Waals surface area contributed by atoms with E-state index < -0.39 is 12.2 Å². The highest BCUT2D eigenvalue weighted by Gasteiger charge is 2.28. The minimum Gasteiger partial charge on any atom is -0.463 e. The zero-order valence-corrected chi connectivity index (χ0v) is 16.4. The summed E-state index contributed by atoms with van der Waals surface area (Å²) in [6.07, 6.45) is 2.73. The van der Waals surface area contributed by atoms with Gasteiger partial charge in [-0.1, -0.05) is 5.16 Å². The van der Waals surface area contributed by atoms with Crippen LogP contribution in [0.3, 0.4) is 0 Å². The van der Waals surface area contributed by atoms with Crippen LogP contribution >= 0.6 is 0 Å². The summed E-state index contributed by atoms with van der Waals surface area (Å²) in [7, 11) is 0. The third-order valence-electron chi connectivity index (χ3n) is 4.73. The average Bonchev–Trinajstić information content (AvgIpc) is 3.54. The Hall–Kier alpha value is -4.12. The first-order valence-electron chi connectivity index (χ1n) is 9.57. The van der Waals surface area contributed by atoms with E-state index in [1.807, 2.05) is 6.92 Å². The number of furan rings is 2. The maximum atomic E-state index is 12.8. The van der Waals surface area contributed by atoms with Gasteiger partial charge in [0.1, 0.15) is 11.5 Å². The molecule has 3 N–H and O–H groups in total. The van der Waals surface area contributed by atoms with Crippen LogP contribution in [0.4, 0.5) is 5.82 Å². The van der Waals surface area contributed by atoms with Crippen LogP contribution < -0.4 is 16.0 Å². The van der Waals surface area contributed by atoms with Gasteiger partial charge in [-0.3, -0.25) is 14.9 Å². The monoisotopic (exact) mass is 422 g/mol. The highest BCUT2D eigenvalue weighted by atomic mass is 16.5. The Balaban J connectivity index is 1.44. The van der Waals surface area contributed by atoms with E-state index in [2.05, 4.69) is 26.2 Å². The number of aromatic nitrogens is 3. The van der Waals surface area contributed by atoms with Crippen molar-refractivity contribution < 1.29 is 22.9 Å². The lowest BCUT2D eigenvalue weighted by Crippen LogP contribution is -2.52. The second-order valence-electron chi connectivity index (χ2n) is 7.09. The van der Waals surface area contributed by atoms with Gasteiger partial charge < -0.3 is 24.0 Å². The molecule has 0 saturated carbocycles. The van der Waals surface area contributed by atoms with Gasteiger partial charge in [-0.05, 0) is 31.2 Å². The lowest BCUT2D eigenvalue weighted by atomic mass is 10.2. The molecule has 1 aliphatic heterocycles. The predicted molar refractivity (Wildman–Crippen MR) is 106 cm³/mol. The second-order valence-corrected chi connectivity index (χ2v) is 7.09. The molecule has 31 heavy (non-hydrogen) atoms. The van der Waals surface area contributed by atoms with Gasteiger partial charge in [0.15, 0.2) is 23.5 Å². The maximum absolute atomic E-state index is 12.8. The number of rotatable bonds is 5. The first kappa shape index (κ1) is 18.9. The lowest BCUT2D eigenvalue weighted by molar-refractivity contribution is -0.125. The number of hydrogen-bond donors (Lipinski definition) is 3. The largest absolute Gasteiger partial charge is 0.463 e. The van der Waals surface area contributed by atoms with Gasteiger partial charge in [-0.25, -0.2) is 4.68 Å². The number of carbonyl (C=O) groups is 2. The first-order chi connectivity index (χ1) is 15.1. The molecule has 1 aliphatic rings. The fraction of sp³-hybridized carbons (Fsp3) is 0.200. The molecule has 0 bridgehead atoms. The lowest BCUT2D eigenvalue weighted by Gasteiger charge is -2.30. The highest BCUT2D eigenvalue weighted by Crippen LogP contribution is 2.26. The molecular formula is C20H18N6O5. The smallest absolute Gasteiger partial charge is 0.279 e. The van der Waals surface area contributed by atoms with E-state index in [0.717, 1.165) is 0 Å². The van der Waals surface area contributed by atoms with E-state index in [0.29, 0.717) is 35.2 Å². The minimum absolute atomic E-state index is 0.0627. The number of carbonyl (C=O) groups excluding carboxylic acids is 2. The van der Waals surface area contributed by atoms with Crippen molar-refractivity contribution >= 4 is 17.6 Å². The molecule has 4 aromatic heterocycles. The van der Waals surface area contributed by atoms with E-state index in [9.17, 15) is 9.59 Å². The summed E-state index contributed by atoms with van der Waals surface area (Å²) in [6, 6.07) is 9.96. The molecule has 2 unspecified atom stereocenters. The molecule has 2 atom stereocenters. The Morgan fingerprint density at radius 3 is 2.65 bits per heavy atom. The van der Waals surface area contributed by atoms with Crippen molar-refractivity contribution in [1.82, 2.24) is 25.6 Å². The predicted octanol–water partition coefficient (Wildman–Crippen LogP) is 2.60. The molecule has 11 heteroatoms. The van der Waals surface area contributed by atoms with Crippen molar-refractivity contribution in [2.24, 2.45) is 0 Å². The molecule has 2 amide bonds. The Kier molecular flexibility index (Phi) is 4.64. The van der Waals surface area contributed by atoms with E-state index in [1.54, 1.807) is 30.3 Å². The van der Waals surface area contributed by atoms with E-state index in [-0.39, 0.29) is 17.6 Å². The molecule has 4 aromatic rings. The van der Waals surface area contributed by atoms with Crippen molar-refractivity contribution in [1.29, 1.82) is 0 Å². The minimum atomic E-state index is -0.647. The molecule has 5 rings (SSSR count). The molecular weight excluding hydrogens is 404 g/mol. The Morgan fingerprint density at radius 2 is 1.94 bits per heavy atom. The molecule has 0 spiro atoms. The standard InChI is InChI=1S/C20H18N6O5/c1-11-8-18(27)23-20(21-11)26-17(10-12(24-26)14-4-2-6-29-14)22-19(28)13-9-16(31-25-13)15-5-3-7-30-15/h2-7,9-11,20-21H,8H2,1H3,(H,22,28)(H,23,27). The molecule has 0 aliphatic carbocycles. The van der Waals surface area contributed by atoms with Gasteiger partial charge in [0.2, 0.25) is 11.7 Å². The molecule has 1 saturated heterocycles. The molecule has 11 nitrogen and oxygen atoms in total. The molecule has 158 valence electrons. The molecule has 0 aromatic carbocycles. The van der Waals surface area contributed by atoms with Crippen molar-refractivity contribution in [2.75, 3.05) is 5.32 Å². The number of hydrogen-bond acceptors (Lipinski definition) is 8. The van der Waals surface area contributed by atoms with Gasteiger partial charge >= 0.3 is 0 Å². The summed E-state index contributed by atoms with van der Waals surface area (Å²) in [6.45, 7) is 1.90. The van der Waals surface area contributed by atoms with Crippen LogP contribution in [0.5, 0.6) is 0 Å². The third-order valence-corrected chi connectivity index (χ3v) is 4.73. The van der Waals surface area contributed by atoms with Crippen LogP contribution in [-0.4, -0.2) is 32.8 Å². The summed E-state index contributed by atoms with van der Waals surface area (Å²) >= 11 is 0. The second kappa shape index (κ2) is 7.61. The van der Waals surface area contributed by atoms with Crippen molar-refractivity contribution in [3.8, 4) is 23.0 Å². The van der Waals surface area contributed by atoms with Crippen LogP contribution in [0, 0.1) is 0 Å². The van der Waals surface area contributed by atoms with Gasteiger partial charge in [0.05, 0.1) is 12.5 Å². The van der Waals surface area contributed by atoms with Crippen molar-refractivity contribution in [3.63, 3.8) is 0 Å². The zero-order chi connectivity index (χ0) is 21.4. The van der Waals surface area contributed by atoms with Crippen molar-refractivity contribution in [3.05, 3.63) is 54.6 Å². The number of amides is 2. The summed E-state index contributed by atoms with van der Waals surface area (Å²) < 4.78 is 17.4. The molecule has 0 radical (unpaired) electrons. The van der Waals surface area contributed by atoms with Crippen LogP contribution in [0.25, 0.3) is 23.0 Å². The normalized spacial score (nSPS) is 18.7. The number of nitrogens with zero attached hydrogens (tertiary/aromatic N) is 3. The quantitative estimate of drug-likeness (QED) is 0.446. The summed E-state index contributed by atoms with van der Waals surface area (Å²) in [5, 5.41) is 17.1. The number of nitrogens with one attached hydrogen (secondary N) is 3. The maximum Gasteiger partial charge on any atom is 0.279 e. The Labute approximate surface area is 175 Å². The highest BCUT2D eigenvalue weighted by molar-refractivity contribution is 6.03. The average molecular weight is 422 g/mol. The topological polar surface area (TPSA) is 140 Å². The molecule has 1 fully saturated rings. The zero-order valence-electron chi connectivity index (χ0n) is 16.4. The third kappa shape index (κ3) is 3.73. The Bertz CT molecular complexity index is 1210. The summed E-state index contributed by atoms with van der Waals surface area (Å²) in [5.41, 5.74) is 0.554. The summed E-state index contributed by atoms with van der Waals surface area (Å²) in [5.74, 6) is 1.01. The van der Waals surface area contributed by atoms with Gasteiger partial charge in [-0.2, -0.15) is 5.10 Å². The summed E-state index contributed by atoms with van der Waals surface area (Å²) in [4.78, 5) is 24.9. The van der Waals surface area contributed by atoms with Crippen molar-refractivity contribution in [2.45, 2.75) is 25.7 Å². The van der Waals surface area contributed by atoms with Crippen LogP contribution in [0.15, 0.2) is 62.3 Å². The van der Waals surface area contributed by atoms with E-state index in [1.165, 1.54) is 23.3 Å². The number of anilines is 1.